The Labute approximate surface area is 159 Å². The number of nitrogens with zero attached hydrogens (tertiary/aromatic N) is 2. The lowest BCUT2D eigenvalue weighted by molar-refractivity contribution is 0.171. The fraction of sp³-hybridized carbons (Fsp3) is 0.235. The summed E-state index contributed by atoms with van der Waals surface area (Å²) in [6.45, 7) is 0.693. The van der Waals surface area contributed by atoms with Crippen LogP contribution in [0.5, 0.6) is 5.75 Å². The van der Waals surface area contributed by atoms with Crippen molar-refractivity contribution in [3.63, 3.8) is 0 Å². The predicted octanol–water partition coefficient (Wildman–Crippen LogP) is 5.99. The van der Waals surface area contributed by atoms with Crippen LogP contribution in [0.4, 0.5) is 0 Å². The molecule has 0 saturated carbocycles. The summed E-state index contributed by atoms with van der Waals surface area (Å²) in [6.07, 6.45) is 7.14. The van der Waals surface area contributed by atoms with Crippen LogP contribution in [0.3, 0.4) is 0 Å². The van der Waals surface area contributed by atoms with Crippen molar-refractivity contribution in [2.75, 3.05) is 0 Å². The van der Waals surface area contributed by atoms with E-state index in [9.17, 15) is 0 Å². The molecule has 0 fully saturated rings. The largest absolute Gasteiger partial charge is 0.487 e. The lowest BCUT2D eigenvalue weighted by Gasteiger charge is -2.20. The summed E-state index contributed by atoms with van der Waals surface area (Å²) in [5.74, 6) is 0.635. The van der Waals surface area contributed by atoms with Crippen molar-refractivity contribution in [3.8, 4) is 5.75 Å². The molecule has 0 saturated heterocycles. The second-order valence-electron chi connectivity index (χ2n) is 5.32. The van der Waals surface area contributed by atoms with Crippen molar-refractivity contribution in [2.45, 2.75) is 25.5 Å². The van der Waals surface area contributed by atoms with Crippen LogP contribution >= 0.6 is 46.1 Å². The molecule has 3 rings (SSSR count). The van der Waals surface area contributed by atoms with Crippen LogP contribution < -0.4 is 4.74 Å². The summed E-state index contributed by atoms with van der Waals surface area (Å²) >= 11 is 19.8. The summed E-state index contributed by atoms with van der Waals surface area (Å²) in [4.78, 5) is 5.32. The minimum Gasteiger partial charge on any atom is -0.487 e. The third kappa shape index (κ3) is 4.90. The average molecular weight is 402 g/mol. The summed E-state index contributed by atoms with van der Waals surface area (Å²) < 4.78 is 8.93. The average Bonchev–Trinajstić information content (AvgIpc) is 3.19. The van der Waals surface area contributed by atoms with Gasteiger partial charge in [-0.25, -0.2) is 4.98 Å². The topological polar surface area (TPSA) is 27.1 Å². The van der Waals surface area contributed by atoms with Crippen molar-refractivity contribution < 1.29 is 4.74 Å². The van der Waals surface area contributed by atoms with Gasteiger partial charge in [0, 0.05) is 22.3 Å². The Morgan fingerprint density at radius 1 is 1.17 bits per heavy atom. The second kappa shape index (κ2) is 8.26. The van der Waals surface area contributed by atoms with Gasteiger partial charge in [-0.3, -0.25) is 0 Å². The van der Waals surface area contributed by atoms with Gasteiger partial charge in [-0.05, 0) is 43.2 Å². The van der Waals surface area contributed by atoms with Crippen molar-refractivity contribution >= 4 is 46.1 Å². The first-order valence-corrected chi connectivity index (χ1v) is 9.37. The van der Waals surface area contributed by atoms with Crippen LogP contribution in [0, 0.1) is 0 Å². The number of rotatable bonds is 7. The van der Waals surface area contributed by atoms with Crippen LogP contribution in [-0.4, -0.2) is 15.7 Å². The molecule has 24 heavy (non-hydrogen) atoms. The minimum absolute atomic E-state index is 0.0428. The normalized spacial score (nSPS) is 12.3. The van der Waals surface area contributed by atoms with Crippen LogP contribution in [0.2, 0.25) is 14.4 Å². The molecule has 2 heterocycles. The zero-order chi connectivity index (χ0) is 16.9. The molecule has 126 valence electrons. The number of ether oxygens (including phenoxy) is 1. The molecule has 0 amide bonds. The molecular formula is C17H15Cl3N2OS. The molecule has 3 nitrogen and oxygen atoms in total. The standard InChI is InChI=1S/C17H15Cl3N2OS/c18-12-1-5-16(15(19)9-12)23-13(10-22-8-7-21-11-22)2-3-14-4-6-17(20)24-14/h1,4-9,11,13H,2-3,10H2. The Hall–Kier alpha value is -1.20. The van der Waals surface area contributed by atoms with Crippen LogP contribution in [0.15, 0.2) is 49.1 Å². The van der Waals surface area contributed by atoms with Gasteiger partial charge < -0.3 is 9.30 Å². The molecule has 7 heteroatoms. The second-order valence-corrected chi connectivity index (χ2v) is 7.96. The molecule has 0 radical (unpaired) electrons. The SMILES string of the molecule is Clc1ccc(OC(CCc2ccc(Cl)s2)Cn2ccnc2)c(Cl)c1. The molecule has 0 aliphatic heterocycles. The third-order valence-electron chi connectivity index (χ3n) is 3.50. The first kappa shape index (κ1) is 17.6. The van der Waals surface area contributed by atoms with E-state index in [1.807, 2.05) is 16.8 Å². The minimum atomic E-state index is -0.0428. The lowest BCUT2D eigenvalue weighted by Crippen LogP contribution is -2.23. The molecule has 0 N–H and O–H groups in total. The van der Waals surface area contributed by atoms with Gasteiger partial charge in [0.15, 0.2) is 0 Å². The molecule has 0 bridgehead atoms. The summed E-state index contributed by atoms with van der Waals surface area (Å²) in [5, 5.41) is 1.10. The van der Waals surface area contributed by atoms with Crippen LogP contribution in [-0.2, 0) is 13.0 Å². The molecule has 0 aliphatic carbocycles. The van der Waals surface area contributed by atoms with Crippen LogP contribution in [0.1, 0.15) is 11.3 Å². The predicted molar refractivity (Wildman–Crippen MR) is 101 cm³/mol. The number of aromatic nitrogens is 2. The van der Waals surface area contributed by atoms with Gasteiger partial charge in [0.2, 0.25) is 0 Å². The Morgan fingerprint density at radius 2 is 2.04 bits per heavy atom. The third-order valence-corrected chi connectivity index (χ3v) is 5.32. The quantitative estimate of drug-likeness (QED) is 0.486. The van der Waals surface area contributed by atoms with E-state index in [1.54, 1.807) is 42.1 Å². The van der Waals surface area contributed by atoms with Gasteiger partial charge in [0.1, 0.15) is 11.9 Å². The highest BCUT2D eigenvalue weighted by Crippen LogP contribution is 2.30. The molecule has 2 aromatic heterocycles. The summed E-state index contributed by atoms with van der Waals surface area (Å²) in [6, 6.07) is 9.23. The van der Waals surface area contributed by atoms with Gasteiger partial charge in [0.25, 0.3) is 0 Å². The maximum atomic E-state index is 6.23. The maximum absolute atomic E-state index is 6.23. The Kier molecular flexibility index (Phi) is 6.06. The molecule has 3 aromatic rings. The molecule has 0 aliphatic rings. The number of hydrogen-bond acceptors (Lipinski definition) is 3. The zero-order valence-electron chi connectivity index (χ0n) is 12.7. The Balaban J connectivity index is 1.71. The van der Waals surface area contributed by atoms with E-state index in [0.717, 1.165) is 17.2 Å². The number of aryl methyl sites for hydroxylation is 1. The first-order valence-electron chi connectivity index (χ1n) is 7.42. The molecular weight excluding hydrogens is 387 g/mol. The van der Waals surface area contributed by atoms with Crippen molar-refractivity contribution in [3.05, 3.63) is 68.3 Å². The van der Waals surface area contributed by atoms with Gasteiger partial charge in [0.05, 0.1) is 22.2 Å². The number of halogens is 3. The number of imidazole rings is 1. The first-order chi connectivity index (χ1) is 11.6. The van der Waals surface area contributed by atoms with Gasteiger partial charge in [-0.2, -0.15) is 0 Å². The van der Waals surface area contributed by atoms with E-state index in [2.05, 4.69) is 11.1 Å². The van der Waals surface area contributed by atoms with E-state index >= 15 is 0 Å². The molecule has 1 unspecified atom stereocenters. The van der Waals surface area contributed by atoms with Gasteiger partial charge >= 0.3 is 0 Å². The van der Waals surface area contributed by atoms with Gasteiger partial charge in [-0.1, -0.05) is 34.8 Å². The lowest BCUT2D eigenvalue weighted by atomic mass is 10.1. The molecule has 1 aromatic carbocycles. The molecule has 0 spiro atoms. The fourth-order valence-electron chi connectivity index (χ4n) is 2.36. The van der Waals surface area contributed by atoms with E-state index in [-0.39, 0.29) is 6.10 Å². The number of hydrogen-bond donors (Lipinski definition) is 0. The van der Waals surface area contributed by atoms with Crippen molar-refractivity contribution in [1.82, 2.24) is 9.55 Å². The van der Waals surface area contributed by atoms with Crippen molar-refractivity contribution in [1.29, 1.82) is 0 Å². The summed E-state index contributed by atoms with van der Waals surface area (Å²) in [7, 11) is 0. The van der Waals surface area contributed by atoms with E-state index in [4.69, 9.17) is 39.5 Å². The Bertz CT molecular complexity index is 789. The maximum Gasteiger partial charge on any atom is 0.138 e. The van der Waals surface area contributed by atoms with Crippen LogP contribution in [0.25, 0.3) is 0 Å². The van der Waals surface area contributed by atoms with Gasteiger partial charge in [-0.15, -0.1) is 11.3 Å². The fourth-order valence-corrected chi connectivity index (χ4v) is 3.91. The van der Waals surface area contributed by atoms with E-state index in [0.29, 0.717) is 22.3 Å². The highest BCUT2D eigenvalue weighted by molar-refractivity contribution is 7.16. The smallest absolute Gasteiger partial charge is 0.138 e. The van der Waals surface area contributed by atoms with E-state index < -0.39 is 0 Å². The zero-order valence-corrected chi connectivity index (χ0v) is 15.7. The molecule has 1 atom stereocenters. The highest BCUT2D eigenvalue weighted by Gasteiger charge is 2.15. The van der Waals surface area contributed by atoms with E-state index in [1.165, 1.54) is 4.88 Å². The number of benzene rings is 1. The summed E-state index contributed by atoms with van der Waals surface area (Å²) in [5.41, 5.74) is 0. The monoisotopic (exact) mass is 400 g/mol. The van der Waals surface area contributed by atoms with Crippen molar-refractivity contribution in [2.24, 2.45) is 0 Å². The highest BCUT2D eigenvalue weighted by atomic mass is 35.5. The number of thiophene rings is 1. The Morgan fingerprint density at radius 3 is 2.71 bits per heavy atom.